The van der Waals surface area contributed by atoms with Crippen LogP contribution in [0.3, 0.4) is 0 Å². The summed E-state index contributed by atoms with van der Waals surface area (Å²) in [6.45, 7) is 3.11. The number of hydrogen-bond donors (Lipinski definition) is 1. The van der Waals surface area contributed by atoms with Gasteiger partial charge in [0.25, 0.3) is 5.69 Å². The molecule has 32 heavy (non-hydrogen) atoms. The minimum atomic E-state index is -0.986. The third kappa shape index (κ3) is 5.64. The van der Waals surface area contributed by atoms with Crippen LogP contribution in [0.5, 0.6) is 0 Å². The number of hydrogen-bond acceptors (Lipinski definition) is 7. The van der Waals surface area contributed by atoms with Gasteiger partial charge in [-0.05, 0) is 26.0 Å². The van der Waals surface area contributed by atoms with Crippen LogP contribution in [0.15, 0.2) is 53.4 Å². The van der Waals surface area contributed by atoms with Crippen molar-refractivity contribution in [2.24, 2.45) is 0 Å². The summed E-state index contributed by atoms with van der Waals surface area (Å²) in [5, 5.41) is 14.2. The van der Waals surface area contributed by atoms with E-state index in [9.17, 15) is 24.5 Å². The van der Waals surface area contributed by atoms with Crippen molar-refractivity contribution in [1.82, 2.24) is 5.32 Å². The fourth-order valence-electron chi connectivity index (χ4n) is 3.38. The fourth-order valence-corrected chi connectivity index (χ4v) is 4.31. The molecule has 3 rings (SSSR count). The number of carbonyl (C=O) groups excluding carboxylic acids is 3. The van der Waals surface area contributed by atoms with Gasteiger partial charge in [0.1, 0.15) is 6.54 Å². The number of esters is 1. The second-order valence-corrected chi connectivity index (χ2v) is 8.43. The Hall–Kier alpha value is -3.40. The van der Waals surface area contributed by atoms with E-state index in [0.29, 0.717) is 5.69 Å². The summed E-state index contributed by atoms with van der Waals surface area (Å²) in [5.74, 6) is -1.15. The maximum Gasteiger partial charge on any atom is 0.308 e. The molecule has 1 unspecified atom stereocenters. The van der Waals surface area contributed by atoms with Crippen molar-refractivity contribution in [2.45, 2.75) is 37.3 Å². The van der Waals surface area contributed by atoms with Gasteiger partial charge in [-0.2, -0.15) is 0 Å². The normalized spacial score (nSPS) is 14.0. The number of benzene rings is 2. The molecule has 2 aromatic carbocycles. The summed E-state index contributed by atoms with van der Waals surface area (Å²) < 4.78 is 5.17. The second kappa shape index (κ2) is 10.3. The lowest BCUT2D eigenvalue weighted by Gasteiger charge is -2.29. The summed E-state index contributed by atoms with van der Waals surface area (Å²) in [6.07, 6.45) is -0.653. The van der Waals surface area contributed by atoms with E-state index in [4.69, 9.17) is 4.74 Å². The summed E-state index contributed by atoms with van der Waals surface area (Å²) in [5.41, 5.74) is 0.601. The van der Waals surface area contributed by atoms with Gasteiger partial charge >= 0.3 is 5.97 Å². The smallest absolute Gasteiger partial charge is 0.308 e. The molecule has 1 N–H and O–H groups in total. The van der Waals surface area contributed by atoms with Crippen molar-refractivity contribution in [3.63, 3.8) is 0 Å². The Morgan fingerprint density at radius 2 is 1.88 bits per heavy atom. The molecule has 0 fully saturated rings. The zero-order valence-corrected chi connectivity index (χ0v) is 18.5. The predicted molar refractivity (Wildman–Crippen MR) is 119 cm³/mol. The number of rotatable bonds is 8. The van der Waals surface area contributed by atoms with E-state index in [2.05, 4.69) is 5.32 Å². The average Bonchev–Trinajstić information content (AvgIpc) is 2.74. The van der Waals surface area contributed by atoms with Crippen LogP contribution in [0.1, 0.15) is 31.9 Å². The number of anilines is 1. The highest BCUT2D eigenvalue weighted by atomic mass is 32.2. The molecule has 10 heteroatoms. The van der Waals surface area contributed by atoms with Crippen LogP contribution in [-0.4, -0.2) is 41.1 Å². The molecule has 0 spiro atoms. The zero-order valence-electron chi connectivity index (χ0n) is 17.6. The van der Waals surface area contributed by atoms with E-state index < -0.39 is 22.8 Å². The van der Waals surface area contributed by atoms with Crippen LogP contribution in [0.4, 0.5) is 11.4 Å². The van der Waals surface area contributed by atoms with Crippen molar-refractivity contribution in [1.29, 1.82) is 0 Å². The van der Waals surface area contributed by atoms with E-state index in [1.807, 2.05) is 12.1 Å². The maximum absolute atomic E-state index is 12.9. The van der Waals surface area contributed by atoms with Crippen LogP contribution in [0.25, 0.3) is 0 Å². The Kier molecular flexibility index (Phi) is 7.47. The Bertz CT molecular complexity index is 1040. The van der Waals surface area contributed by atoms with Gasteiger partial charge in [-0.1, -0.05) is 30.3 Å². The zero-order chi connectivity index (χ0) is 23.3. The summed E-state index contributed by atoms with van der Waals surface area (Å²) in [6, 6.07) is 12.2. The maximum atomic E-state index is 12.9. The third-order valence-electron chi connectivity index (χ3n) is 4.69. The summed E-state index contributed by atoms with van der Waals surface area (Å²) >= 11 is 1.40. The molecule has 2 amide bonds. The monoisotopic (exact) mass is 457 g/mol. The summed E-state index contributed by atoms with van der Waals surface area (Å²) in [7, 11) is 0. The molecule has 0 saturated heterocycles. The molecule has 1 atom stereocenters. The molecule has 1 heterocycles. The molecular weight excluding hydrogens is 434 g/mol. The first kappa shape index (κ1) is 23.3. The number of fused-ring (bicyclic) bond motifs is 1. The molecule has 1 aliphatic heterocycles. The van der Waals surface area contributed by atoms with E-state index in [1.54, 1.807) is 32.0 Å². The van der Waals surface area contributed by atoms with Gasteiger partial charge in [0.15, 0.2) is 0 Å². The highest BCUT2D eigenvalue weighted by molar-refractivity contribution is 8.00. The lowest BCUT2D eigenvalue weighted by molar-refractivity contribution is -0.385. The Balaban J connectivity index is 1.83. The first-order chi connectivity index (χ1) is 15.3. The largest absolute Gasteiger partial charge is 0.463 e. The average molecular weight is 458 g/mol. The lowest BCUT2D eigenvalue weighted by Crippen LogP contribution is -2.44. The predicted octanol–water partition coefficient (Wildman–Crippen LogP) is 3.23. The number of ether oxygens (including phenoxy) is 1. The van der Waals surface area contributed by atoms with Crippen molar-refractivity contribution in [3.8, 4) is 0 Å². The molecule has 1 aliphatic rings. The number of para-hydroxylation sites is 2. The Morgan fingerprint density at radius 3 is 2.59 bits per heavy atom. The van der Waals surface area contributed by atoms with Crippen LogP contribution >= 0.6 is 11.8 Å². The van der Waals surface area contributed by atoms with Crippen molar-refractivity contribution < 1.29 is 24.0 Å². The van der Waals surface area contributed by atoms with Gasteiger partial charge in [0, 0.05) is 11.0 Å². The van der Waals surface area contributed by atoms with Gasteiger partial charge in [0.2, 0.25) is 11.8 Å². The SMILES string of the molecule is CC(C)OC(=O)CC(NC(=O)CN1C(=O)CSc2ccccc21)c1ccccc1[N+](=O)[O-]. The lowest BCUT2D eigenvalue weighted by atomic mass is 10.0. The molecule has 0 aromatic heterocycles. The first-order valence-corrected chi connectivity index (χ1v) is 11.0. The van der Waals surface area contributed by atoms with Crippen molar-refractivity contribution in [2.75, 3.05) is 17.2 Å². The number of amides is 2. The van der Waals surface area contributed by atoms with Crippen LogP contribution in [-0.2, 0) is 19.1 Å². The quantitative estimate of drug-likeness (QED) is 0.367. The summed E-state index contributed by atoms with van der Waals surface area (Å²) in [4.78, 5) is 50.8. The van der Waals surface area contributed by atoms with Crippen LogP contribution in [0.2, 0.25) is 0 Å². The van der Waals surface area contributed by atoms with Gasteiger partial charge in [0.05, 0.1) is 40.5 Å². The fraction of sp³-hybridized carbons (Fsp3) is 0.318. The van der Waals surface area contributed by atoms with Gasteiger partial charge < -0.3 is 15.0 Å². The second-order valence-electron chi connectivity index (χ2n) is 7.42. The highest BCUT2D eigenvalue weighted by Crippen LogP contribution is 2.35. The van der Waals surface area contributed by atoms with Gasteiger partial charge in [-0.3, -0.25) is 24.5 Å². The molecule has 0 radical (unpaired) electrons. The Morgan fingerprint density at radius 1 is 1.19 bits per heavy atom. The Labute approximate surface area is 189 Å². The number of nitrogens with zero attached hydrogens (tertiary/aromatic N) is 2. The minimum absolute atomic E-state index is 0.187. The van der Waals surface area contributed by atoms with Gasteiger partial charge in [-0.25, -0.2) is 0 Å². The number of thioether (sulfide) groups is 1. The molecule has 0 bridgehead atoms. The molecular formula is C22H23N3O6S. The molecule has 9 nitrogen and oxygen atoms in total. The number of carbonyl (C=O) groups is 3. The van der Waals surface area contributed by atoms with Crippen LogP contribution < -0.4 is 10.2 Å². The first-order valence-electron chi connectivity index (χ1n) is 10.0. The highest BCUT2D eigenvalue weighted by Gasteiger charge is 2.30. The molecule has 168 valence electrons. The number of nitro groups is 1. The van der Waals surface area contributed by atoms with Crippen molar-refractivity contribution >= 4 is 40.9 Å². The standard InChI is InChI=1S/C22H23N3O6S/c1-14(2)31-22(28)11-16(15-7-3-4-8-17(15)25(29)30)23-20(26)12-24-18-9-5-6-10-19(18)32-13-21(24)27/h3-10,14,16H,11-13H2,1-2H3,(H,23,26). The van der Waals surface area contributed by atoms with E-state index in [0.717, 1.165) is 4.90 Å². The van der Waals surface area contributed by atoms with Crippen LogP contribution in [0, 0.1) is 10.1 Å². The van der Waals surface area contributed by atoms with Gasteiger partial charge in [-0.15, -0.1) is 11.8 Å². The van der Waals surface area contributed by atoms with Crippen molar-refractivity contribution in [3.05, 3.63) is 64.2 Å². The van der Waals surface area contributed by atoms with E-state index >= 15 is 0 Å². The minimum Gasteiger partial charge on any atom is -0.463 e. The third-order valence-corrected chi connectivity index (χ3v) is 5.74. The van der Waals surface area contributed by atoms with E-state index in [-0.39, 0.29) is 42.0 Å². The topological polar surface area (TPSA) is 119 Å². The molecule has 0 aliphatic carbocycles. The number of nitro benzene ring substituents is 1. The molecule has 2 aromatic rings. The molecule has 0 saturated carbocycles. The number of nitrogens with one attached hydrogen (secondary N) is 1. The van der Waals surface area contributed by atoms with E-state index in [1.165, 1.54) is 34.9 Å².